The molecule has 4 nitrogen and oxygen atoms in total. The van der Waals surface area contributed by atoms with Crippen LogP contribution in [0, 0.1) is 0 Å². The first-order valence-electron chi connectivity index (χ1n) is 12.5. The quantitative estimate of drug-likeness (QED) is 0.337. The molecule has 1 aliphatic carbocycles. The summed E-state index contributed by atoms with van der Waals surface area (Å²) in [6, 6.07) is 23.4. The number of allylic oxidation sites excluding steroid dienone is 1. The lowest BCUT2D eigenvalue weighted by molar-refractivity contribution is 0.568. The van der Waals surface area contributed by atoms with Gasteiger partial charge in [0.2, 0.25) is 12.3 Å². The minimum absolute atomic E-state index is 0.131. The molecule has 1 atom stereocenters. The second kappa shape index (κ2) is 7.82. The van der Waals surface area contributed by atoms with Crippen LogP contribution >= 0.6 is 0 Å². The van der Waals surface area contributed by atoms with Crippen LogP contribution in [0.2, 0.25) is 0 Å². The van der Waals surface area contributed by atoms with Crippen molar-refractivity contribution in [2.75, 3.05) is 5.32 Å². The van der Waals surface area contributed by atoms with Crippen molar-refractivity contribution < 1.29 is 9.90 Å². The fourth-order valence-electron chi connectivity index (χ4n) is 3.91. The van der Waals surface area contributed by atoms with E-state index in [4.69, 9.17) is 9.90 Å². The van der Waals surface area contributed by atoms with Gasteiger partial charge in [-0.05, 0) is 88.3 Å². The van der Waals surface area contributed by atoms with E-state index >= 15 is 0 Å². The van der Waals surface area contributed by atoms with Crippen molar-refractivity contribution in [1.29, 1.82) is 0 Å². The van der Waals surface area contributed by atoms with Gasteiger partial charge in [-0.2, -0.15) is 0 Å². The van der Waals surface area contributed by atoms with E-state index in [9.17, 15) is 0 Å². The van der Waals surface area contributed by atoms with Gasteiger partial charge < -0.3 is 9.73 Å². The van der Waals surface area contributed by atoms with Crippen molar-refractivity contribution in [3.05, 3.63) is 108 Å². The van der Waals surface area contributed by atoms with E-state index in [1.165, 1.54) is 6.39 Å². The lowest BCUT2D eigenvalue weighted by Crippen LogP contribution is -2.01. The van der Waals surface area contributed by atoms with Gasteiger partial charge in [0.25, 0.3) is 0 Å². The third-order valence-electron chi connectivity index (χ3n) is 5.55. The largest absolute Gasteiger partial charge is 0.423 e. The predicted octanol–water partition coefficient (Wildman–Crippen LogP) is 7.12. The average Bonchev–Trinajstić information content (AvgIpc) is 3.43. The number of nitrogens with zero attached hydrogens (tertiary/aromatic N) is 2. The molecule has 0 radical (unpaired) electrons. The average molecular weight is 420 g/mol. The lowest BCUT2D eigenvalue weighted by Gasteiger charge is -2.19. The SMILES string of the molecule is [2H]C1=C(c2ccc3ccccc3c2)CC([2H])c2c([2H])c(Nc3ccc(-c4nnco4)cc3)cc([2H])c21. The van der Waals surface area contributed by atoms with Gasteiger partial charge in [0.15, 0.2) is 0 Å². The first-order chi connectivity index (χ1) is 17.5. The molecule has 5 aromatic rings. The number of rotatable bonds is 4. The van der Waals surface area contributed by atoms with E-state index in [1.807, 2.05) is 66.7 Å². The molecule has 1 unspecified atom stereocenters. The van der Waals surface area contributed by atoms with Crippen molar-refractivity contribution in [3.8, 4) is 11.5 Å². The molecule has 1 heterocycles. The summed E-state index contributed by atoms with van der Waals surface area (Å²) in [4.78, 5) is 0. The summed E-state index contributed by atoms with van der Waals surface area (Å²) < 4.78 is 40.5. The molecule has 1 aromatic heterocycles. The van der Waals surface area contributed by atoms with Gasteiger partial charge in [-0.25, -0.2) is 0 Å². The monoisotopic (exact) mass is 419 g/mol. The number of nitrogens with one attached hydrogen (secondary N) is 1. The van der Waals surface area contributed by atoms with Crippen molar-refractivity contribution in [2.24, 2.45) is 0 Å². The maximum atomic E-state index is 8.92. The topological polar surface area (TPSA) is 51.0 Å². The third kappa shape index (κ3) is 3.56. The van der Waals surface area contributed by atoms with Crippen molar-refractivity contribution in [2.45, 2.75) is 12.8 Å². The molecule has 0 bridgehead atoms. The smallest absolute Gasteiger partial charge is 0.247 e. The van der Waals surface area contributed by atoms with Crippen LogP contribution in [-0.4, -0.2) is 10.2 Å². The van der Waals surface area contributed by atoms with Crippen LogP contribution in [0.15, 0.2) is 95.7 Å². The van der Waals surface area contributed by atoms with E-state index in [2.05, 4.69) is 15.5 Å². The van der Waals surface area contributed by atoms with E-state index < -0.39 is 6.40 Å². The number of anilines is 2. The molecular weight excluding hydrogens is 394 g/mol. The van der Waals surface area contributed by atoms with Gasteiger partial charge >= 0.3 is 0 Å². The lowest BCUT2D eigenvalue weighted by atomic mass is 9.88. The Hall–Kier alpha value is -4.18. The van der Waals surface area contributed by atoms with Crippen LogP contribution in [-0.2, 0) is 6.40 Å². The van der Waals surface area contributed by atoms with Gasteiger partial charge in [0, 0.05) is 18.3 Å². The summed E-state index contributed by atoms with van der Waals surface area (Å²) in [5.41, 5.74) is 4.33. The van der Waals surface area contributed by atoms with Crippen LogP contribution < -0.4 is 5.32 Å². The van der Waals surface area contributed by atoms with Crippen LogP contribution in [0.4, 0.5) is 11.4 Å². The maximum Gasteiger partial charge on any atom is 0.247 e. The van der Waals surface area contributed by atoms with Crippen molar-refractivity contribution in [1.82, 2.24) is 10.2 Å². The Kier molecular flexibility index (Phi) is 3.61. The number of benzene rings is 4. The minimum Gasteiger partial charge on any atom is -0.423 e. The summed E-state index contributed by atoms with van der Waals surface area (Å²) in [5, 5.41) is 13.0. The molecule has 4 heteroatoms. The zero-order chi connectivity index (χ0) is 24.8. The first-order valence-corrected chi connectivity index (χ1v) is 10.4. The Balaban J connectivity index is 1.37. The van der Waals surface area contributed by atoms with E-state index in [0.29, 0.717) is 29.1 Å². The predicted molar refractivity (Wildman–Crippen MR) is 130 cm³/mol. The molecule has 6 rings (SSSR count). The van der Waals surface area contributed by atoms with Gasteiger partial charge in [0.05, 0.1) is 4.11 Å². The van der Waals surface area contributed by atoms with Gasteiger partial charge in [-0.15, -0.1) is 10.2 Å². The van der Waals surface area contributed by atoms with Gasteiger partial charge in [-0.1, -0.05) is 48.5 Å². The highest BCUT2D eigenvalue weighted by Gasteiger charge is 2.13. The van der Waals surface area contributed by atoms with E-state index in [0.717, 1.165) is 33.2 Å². The Bertz CT molecular complexity index is 1630. The Labute approximate surface area is 191 Å². The molecule has 0 spiro atoms. The highest BCUT2D eigenvalue weighted by molar-refractivity contribution is 5.91. The third-order valence-corrected chi connectivity index (χ3v) is 5.55. The molecular formula is C28H21N3O. The van der Waals surface area contributed by atoms with Gasteiger partial charge in [-0.3, -0.25) is 0 Å². The molecule has 0 saturated carbocycles. The molecule has 1 aliphatic rings. The number of fused-ring (bicyclic) bond motifs is 2. The maximum absolute atomic E-state index is 8.92. The molecule has 0 amide bonds. The Morgan fingerprint density at radius 3 is 2.59 bits per heavy atom. The first kappa shape index (κ1) is 14.8. The molecule has 0 fully saturated rings. The highest BCUT2D eigenvalue weighted by Crippen LogP contribution is 2.33. The summed E-state index contributed by atoms with van der Waals surface area (Å²) in [5.74, 6) is 0.416. The Morgan fingerprint density at radius 1 is 0.906 bits per heavy atom. The summed E-state index contributed by atoms with van der Waals surface area (Å²) in [7, 11) is 0. The zero-order valence-electron chi connectivity index (χ0n) is 21.1. The minimum atomic E-state index is -0.742. The number of hydrogen-bond acceptors (Lipinski definition) is 4. The molecule has 1 N–H and O–H groups in total. The van der Waals surface area contributed by atoms with Crippen LogP contribution in [0.5, 0.6) is 0 Å². The summed E-state index contributed by atoms with van der Waals surface area (Å²) in [6.07, 6.45) is 0.848. The standard InChI is InChI=1S/C28H21N3O/c1-2-4-21-15-22(6-5-19(21)3-1)23-7-8-25-17-27(14-11-24(25)16-23)30-26-12-9-20(10-13-26)28-31-29-18-32-28/h1-6,9-18,30H,7-8H2/i8D,11D,16D,17D. The number of hydrogen-bond donors (Lipinski definition) is 1. The zero-order valence-corrected chi connectivity index (χ0v) is 17.1. The fraction of sp³-hybridized carbons (Fsp3) is 0.0714. The normalized spacial score (nSPS) is 17.3. The van der Waals surface area contributed by atoms with Crippen LogP contribution in [0.25, 0.3) is 33.9 Å². The molecule has 154 valence electrons. The summed E-state index contributed by atoms with van der Waals surface area (Å²) >= 11 is 0. The van der Waals surface area contributed by atoms with Crippen LogP contribution in [0.3, 0.4) is 0 Å². The van der Waals surface area contributed by atoms with Crippen molar-refractivity contribution in [3.63, 3.8) is 0 Å². The molecule has 0 saturated heterocycles. The second-order valence-electron chi connectivity index (χ2n) is 7.64. The highest BCUT2D eigenvalue weighted by atomic mass is 16.4. The fourth-order valence-corrected chi connectivity index (χ4v) is 3.91. The number of aromatic nitrogens is 2. The van der Waals surface area contributed by atoms with Crippen molar-refractivity contribution >= 4 is 33.8 Å². The molecule has 0 aliphatic heterocycles. The Morgan fingerprint density at radius 2 is 1.75 bits per heavy atom. The molecule has 32 heavy (non-hydrogen) atoms. The summed E-state index contributed by atoms with van der Waals surface area (Å²) in [6.45, 7) is 0. The van der Waals surface area contributed by atoms with Gasteiger partial charge in [0.1, 0.15) is 0 Å². The molecule has 4 aromatic carbocycles. The van der Waals surface area contributed by atoms with E-state index in [1.54, 1.807) is 6.07 Å². The van der Waals surface area contributed by atoms with Crippen LogP contribution in [0.1, 0.15) is 28.6 Å². The van der Waals surface area contributed by atoms with E-state index in [-0.39, 0.29) is 18.1 Å². The second-order valence-corrected chi connectivity index (χ2v) is 7.64.